The molecule has 0 fully saturated rings. The van der Waals surface area contributed by atoms with E-state index >= 15 is 0 Å². The standard InChI is InChI=1S/C13H11Br3FNS/c1-2-18-12(10-6-8(15)13(16)19-10)11-7(14)4-3-5-9(11)17/h3-6,12,18H,2H2,1H3. The molecular formula is C13H11Br3FNS. The zero-order valence-electron chi connectivity index (χ0n) is 10.0. The molecule has 1 nitrogen and oxygen atoms in total. The van der Waals surface area contributed by atoms with Crippen LogP contribution in [0.3, 0.4) is 0 Å². The molecule has 0 spiro atoms. The van der Waals surface area contributed by atoms with Crippen LogP contribution < -0.4 is 5.32 Å². The summed E-state index contributed by atoms with van der Waals surface area (Å²) < 4.78 is 16.9. The zero-order chi connectivity index (χ0) is 14.0. The van der Waals surface area contributed by atoms with Gasteiger partial charge in [-0.1, -0.05) is 28.9 Å². The van der Waals surface area contributed by atoms with E-state index in [-0.39, 0.29) is 11.9 Å². The van der Waals surface area contributed by atoms with Gasteiger partial charge in [-0.25, -0.2) is 4.39 Å². The predicted octanol–water partition coefficient (Wildman–Crippen LogP) is 5.87. The summed E-state index contributed by atoms with van der Waals surface area (Å²) in [5, 5.41) is 3.34. The summed E-state index contributed by atoms with van der Waals surface area (Å²) >= 11 is 12.0. The average Bonchev–Trinajstić information content (AvgIpc) is 2.68. The van der Waals surface area contributed by atoms with Crippen molar-refractivity contribution in [3.8, 4) is 0 Å². The molecule has 2 rings (SSSR count). The molecule has 1 atom stereocenters. The number of nitrogens with one attached hydrogen (secondary N) is 1. The van der Waals surface area contributed by atoms with Crippen LogP contribution in [0.15, 0.2) is 37.0 Å². The number of hydrogen-bond acceptors (Lipinski definition) is 2. The van der Waals surface area contributed by atoms with Gasteiger partial charge < -0.3 is 5.32 Å². The third kappa shape index (κ3) is 3.47. The first kappa shape index (κ1) is 15.6. The Bertz CT molecular complexity index is 546. The average molecular weight is 472 g/mol. The summed E-state index contributed by atoms with van der Waals surface area (Å²) in [6, 6.07) is 6.91. The lowest BCUT2D eigenvalue weighted by Gasteiger charge is -2.19. The molecule has 0 aliphatic heterocycles. The highest BCUT2D eigenvalue weighted by Crippen LogP contribution is 2.39. The normalized spacial score (nSPS) is 12.7. The van der Waals surface area contributed by atoms with Gasteiger partial charge in [-0.05, 0) is 56.6 Å². The number of benzene rings is 1. The lowest BCUT2D eigenvalue weighted by Crippen LogP contribution is -2.22. The highest BCUT2D eigenvalue weighted by atomic mass is 79.9. The number of halogens is 4. The topological polar surface area (TPSA) is 12.0 Å². The molecule has 19 heavy (non-hydrogen) atoms. The van der Waals surface area contributed by atoms with E-state index in [4.69, 9.17) is 0 Å². The van der Waals surface area contributed by atoms with Gasteiger partial charge in [0.2, 0.25) is 0 Å². The predicted molar refractivity (Wildman–Crippen MR) is 89.3 cm³/mol. The molecule has 6 heteroatoms. The summed E-state index contributed by atoms with van der Waals surface area (Å²) in [6.07, 6.45) is 0. The van der Waals surface area contributed by atoms with Crippen LogP contribution in [0.5, 0.6) is 0 Å². The molecule has 1 heterocycles. The van der Waals surface area contributed by atoms with Gasteiger partial charge in [0.05, 0.1) is 9.83 Å². The van der Waals surface area contributed by atoms with Crippen LogP contribution in [0.1, 0.15) is 23.4 Å². The van der Waals surface area contributed by atoms with Crippen molar-refractivity contribution in [3.05, 3.63) is 53.3 Å². The van der Waals surface area contributed by atoms with Gasteiger partial charge in [0, 0.05) is 19.4 Å². The van der Waals surface area contributed by atoms with E-state index in [1.807, 2.05) is 19.1 Å². The molecule has 2 aromatic rings. The number of rotatable bonds is 4. The molecule has 1 aromatic carbocycles. The molecule has 0 amide bonds. The Morgan fingerprint density at radius 1 is 1.26 bits per heavy atom. The van der Waals surface area contributed by atoms with Crippen LogP contribution in [0.4, 0.5) is 4.39 Å². The maximum Gasteiger partial charge on any atom is 0.129 e. The Balaban J connectivity index is 2.51. The molecule has 0 saturated heterocycles. The second-order valence-electron chi connectivity index (χ2n) is 3.90. The van der Waals surface area contributed by atoms with Gasteiger partial charge >= 0.3 is 0 Å². The van der Waals surface area contributed by atoms with Crippen LogP contribution in [0, 0.1) is 5.82 Å². The Kier molecular flexibility index (Phi) is 5.60. The van der Waals surface area contributed by atoms with Gasteiger partial charge in [0.1, 0.15) is 5.82 Å². The second kappa shape index (κ2) is 6.80. The van der Waals surface area contributed by atoms with E-state index in [0.29, 0.717) is 5.56 Å². The number of thiophene rings is 1. The molecule has 102 valence electrons. The number of hydrogen-bond donors (Lipinski definition) is 1. The molecule has 0 saturated carbocycles. The highest BCUT2D eigenvalue weighted by molar-refractivity contribution is 9.13. The van der Waals surface area contributed by atoms with Crippen LogP contribution in [0.25, 0.3) is 0 Å². The molecule has 1 N–H and O–H groups in total. The SMILES string of the molecule is CCNC(c1cc(Br)c(Br)s1)c1c(F)cccc1Br. The maximum atomic E-state index is 14.1. The molecule has 0 radical (unpaired) electrons. The summed E-state index contributed by atoms with van der Waals surface area (Å²) in [6.45, 7) is 2.78. The Morgan fingerprint density at radius 3 is 2.53 bits per heavy atom. The van der Waals surface area contributed by atoms with Crippen molar-refractivity contribution < 1.29 is 4.39 Å². The largest absolute Gasteiger partial charge is 0.306 e. The molecule has 1 aromatic heterocycles. The molecular weight excluding hydrogens is 461 g/mol. The summed E-state index contributed by atoms with van der Waals surface area (Å²) in [4.78, 5) is 1.06. The van der Waals surface area contributed by atoms with E-state index < -0.39 is 0 Å². The Hall–Kier alpha value is 0.250. The van der Waals surface area contributed by atoms with Crippen molar-refractivity contribution in [2.45, 2.75) is 13.0 Å². The van der Waals surface area contributed by atoms with Crippen molar-refractivity contribution in [2.24, 2.45) is 0 Å². The van der Waals surface area contributed by atoms with E-state index in [9.17, 15) is 4.39 Å². The molecule has 0 bridgehead atoms. The fraction of sp³-hybridized carbons (Fsp3) is 0.231. The van der Waals surface area contributed by atoms with Crippen LogP contribution >= 0.6 is 59.1 Å². The fourth-order valence-corrected chi connectivity index (χ4v) is 4.59. The Morgan fingerprint density at radius 2 is 2.00 bits per heavy atom. The first-order valence-electron chi connectivity index (χ1n) is 5.66. The summed E-state index contributed by atoms with van der Waals surface area (Å²) in [5.41, 5.74) is 0.644. The van der Waals surface area contributed by atoms with Gasteiger partial charge in [-0.3, -0.25) is 0 Å². The van der Waals surface area contributed by atoms with E-state index in [2.05, 4.69) is 53.1 Å². The molecule has 0 aliphatic carbocycles. The smallest absolute Gasteiger partial charge is 0.129 e. The van der Waals surface area contributed by atoms with Gasteiger partial charge in [-0.2, -0.15) is 0 Å². The lowest BCUT2D eigenvalue weighted by atomic mass is 10.0. The third-order valence-electron chi connectivity index (χ3n) is 2.65. The minimum absolute atomic E-state index is 0.159. The van der Waals surface area contributed by atoms with Gasteiger partial charge in [-0.15, -0.1) is 11.3 Å². The first-order valence-corrected chi connectivity index (χ1v) is 8.86. The van der Waals surface area contributed by atoms with Gasteiger partial charge in [0.25, 0.3) is 0 Å². The van der Waals surface area contributed by atoms with Crippen LogP contribution in [-0.2, 0) is 0 Å². The molecule has 0 aliphatic rings. The quantitative estimate of drug-likeness (QED) is 0.587. The molecule has 1 unspecified atom stereocenters. The second-order valence-corrected chi connectivity index (χ2v) is 8.01. The van der Waals surface area contributed by atoms with Crippen molar-refractivity contribution in [3.63, 3.8) is 0 Å². The third-order valence-corrected chi connectivity index (χ3v) is 6.66. The minimum atomic E-state index is -0.207. The van der Waals surface area contributed by atoms with Crippen LogP contribution in [0.2, 0.25) is 0 Å². The van der Waals surface area contributed by atoms with Crippen LogP contribution in [-0.4, -0.2) is 6.54 Å². The van der Waals surface area contributed by atoms with Crippen molar-refractivity contribution in [1.82, 2.24) is 5.32 Å². The van der Waals surface area contributed by atoms with Crippen molar-refractivity contribution in [2.75, 3.05) is 6.54 Å². The van der Waals surface area contributed by atoms with E-state index in [1.54, 1.807) is 17.4 Å². The minimum Gasteiger partial charge on any atom is -0.306 e. The first-order chi connectivity index (χ1) is 9.04. The van der Waals surface area contributed by atoms with E-state index in [1.165, 1.54) is 6.07 Å². The highest BCUT2D eigenvalue weighted by Gasteiger charge is 2.22. The summed E-state index contributed by atoms with van der Waals surface area (Å²) in [7, 11) is 0. The summed E-state index contributed by atoms with van der Waals surface area (Å²) in [5.74, 6) is -0.207. The van der Waals surface area contributed by atoms with E-state index in [0.717, 1.165) is 24.2 Å². The Labute approximate surface area is 141 Å². The zero-order valence-corrected chi connectivity index (χ0v) is 15.6. The van der Waals surface area contributed by atoms with Crippen molar-refractivity contribution >= 4 is 59.1 Å². The fourth-order valence-electron chi connectivity index (χ4n) is 1.84. The van der Waals surface area contributed by atoms with Crippen molar-refractivity contribution in [1.29, 1.82) is 0 Å². The lowest BCUT2D eigenvalue weighted by molar-refractivity contribution is 0.561. The maximum absolute atomic E-state index is 14.1. The monoisotopic (exact) mass is 469 g/mol. The van der Waals surface area contributed by atoms with Gasteiger partial charge in [0.15, 0.2) is 0 Å².